The largest absolute Gasteiger partial charge is 0.370 e. The molecule has 2 aliphatic heterocycles. The van der Waals surface area contributed by atoms with Crippen molar-refractivity contribution in [3.8, 4) is 0 Å². The summed E-state index contributed by atoms with van der Waals surface area (Å²) in [5.41, 5.74) is 3.06. The van der Waals surface area contributed by atoms with Gasteiger partial charge in [0.2, 0.25) is 0 Å². The van der Waals surface area contributed by atoms with Gasteiger partial charge in [-0.3, -0.25) is 0 Å². The molecule has 120 valence electrons. The minimum absolute atomic E-state index is 0.0723. The highest BCUT2D eigenvalue weighted by Gasteiger charge is 2.35. The number of piperidine rings is 1. The Hall–Kier alpha value is -1.12. The molecule has 2 heterocycles. The van der Waals surface area contributed by atoms with Crippen LogP contribution in [0.2, 0.25) is 0 Å². The molecule has 2 nitrogen and oxygen atoms in total. The van der Waals surface area contributed by atoms with Crippen molar-refractivity contribution in [1.82, 2.24) is 4.90 Å². The maximum absolute atomic E-state index is 6.11. The Kier molecular flexibility index (Phi) is 5.32. The number of hydrogen-bond acceptors (Lipinski definition) is 2. The predicted molar refractivity (Wildman–Crippen MR) is 92.1 cm³/mol. The number of likely N-dealkylation sites (tertiary alicyclic amines) is 1. The number of rotatable bonds is 5. The minimum Gasteiger partial charge on any atom is -0.370 e. The van der Waals surface area contributed by atoms with Gasteiger partial charge in [-0.2, -0.15) is 0 Å². The number of unbranched alkanes of at least 4 members (excludes halogenated alkanes) is 1. The highest BCUT2D eigenvalue weighted by atomic mass is 16.5. The molecule has 0 atom stereocenters. The van der Waals surface area contributed by atoms with Gasteiger partial charge >= 0.3 is 0 Å². The topological polar surface area (TPSA) is 12.5 Å². The molecule has 0 amide bonds. The highest BCUT2D eigenvalue weighted by molar-refractivity contribution is 5.15. The van der Waals surface area contributed by atoms with Gasteiger partial charge in [0, 0.05) is 13.1 Å². The van der Waals surface area contributed by atoms with E-state index in [-0.39, 0.29) is 5.60 Å². The molecule has 0 unspecified atom stereocenters. The van der Waals surface area contributed by atoms with E-state index in [1.165, 1.54) is 62.9 Å². The lowest BCUT2D eigenvalue weighted by atomic mass is 9.87. The summed E-state index contributed by atoms with van der Waals surface area (Å²) in [7, 11) is 0. The first-order valence-corrected chi connectivity index (χ1v) is 8.84. The normalized spacial score (nSPS) is 21.8. The van der Waals surface area contributed by atoms with Crippen LogP contribution >= 0.6 is 0 Å². The summed E-state index contributed by atoms with van der Waals surface area (Å²) in [5.74, 6) is 0. The number of aryl methyl sites for hydroxylation is 1. The minimum atomic E-state index is 0.0723. The van der Waals surface area contributed by atoms with Gasteiger partial charge < -0.3 is 9.64 Å². The molecule has 1 saturated heterocycles. The van der Waals surface area contributed by atoms with Gasteiger partial charge in [-0.15, -0.1) is 0 Å². The molecule has 0 bridgehead atoms. The van der Waals surface area contributed by atoms with Crippen LogP contribution in [0.5, 0.6) is 0 Å². The van der Waals surface area contributed by atoms with Crippen molar-refractivity contribution in [3.05, 3.63) is 47.5 Å². The van der Waals surface area contributed by atoms with Gasteiger partial charge in [0.15, 0.2) is 0 Å². The fourth-order valence-corrected chi connectivity index (χ4v) is 3.73. The number of benzene rings is 1. The molecule has 1 aromatic rings. The van der Waals surface area contributed by atoms with Crippen molar-refractivity contribution in [2.75, 3.05) is 26.2 Å². The standard InChI is InChI=1S/C20H29NO/c1-18-10-16-22-20(17-18)11-14-21(15-12-20)13-6-5-9-19-7-3-2-4-8-19/h2-4,7-8,17H,5-6,9-16H2,1H3. The van der Waals surface area contributed by atoms with Gasteiger partial charge in [0.25, 0.3) is 0 Å². The maximum Gasteiger partial charge on any atom is 0.0889 e. The zero-order valence-corrected chi connectivity index (χ0v) is 13.9. The Bertz CT molecular complexity index is 486. The van der Waals surface area contributed by atoms with Crippen molar-refractivity contribution in [2.45, 2.75) is 51.0 Å². The smallest absolute Gasteiger partial charge is 0.0889 e. The fourth-order valence-electron chi connectivity index (χ4n) is 3.73. The van der Waals surface area contributed by atoms with Crippen LogP contribution in [0.3, 0.4) is 0 Å². The first-order valence-electron chi connectivity index (χ1n) is 8.84. The molecule has 0 aliphatic carbocycles. The summed E-state index contributed by atoms with van der Waals surface area (Å²) in [6.07, 6.45) is 9.67. The summed E-state index contributed by atoms with van der Waals surface area (Å²) < 4.78 is 6.11. The lowest BCUT2D eigenvalue weighted by Crippen LogP contribution is -2.46. The average molecular weight is 299 g/mol. The second kappa shape index (κ2) is 7.43. The van der Waals surface area contributed by atoms with E-state index in [2.05, 4.69) is 48.2 Å². The summed E-state index contributed by atoms with van der Waals surface area (Å²) in [6.45, 7) is 6.79. The summed E-state index contributed by atoms with van der Waals surface area (Å²) >= 11 is 0. The SMILES string of the molecule is CC1=CC2(CCN(CCCCc3ccccc3)CC2)OCC1. The molecule has 1 fully saturated rings. The molecular formula is C20H29NO. The molecule has 0 aromatic heterocycles. The average Bonchev–Trinajstić information content (AvgIpc) is 2.54. The lowest BCUT2D eigenvalue weighted by molar-refractivity contribution is -0.0565. The van der Waals surface area contributed by atoms with E-state index in [9.17, 15) is 0 Å². The molecule has 2 heteroatoms. The van der Waals surface area contributed by atoms with Crippen LogP contribution in [0.25, 0.3) is 0 Å². The maximum atomic E-state index is 6.11. The van der Waals surface area contributed by atoms with E-state index in [0.717, 1.165) is 13.0 Å². The van der Waals surface area contributed by atoms with E-state index in [0.29, 0.717) is 0 Å². The molecule has 0 radical (unpaired) electrons. The van der Waals surface area contributed by atoms with Gasteiger partial charge in [-0.25, -0.2) is 0 Å². The lowest BCUT2D eigenvalue weighted by Gasteiger charge is -2.42. The highest BCUT2D eigenvalue weighted by Crippen LogP contribution is 2.32. The van der Waals surface area contributed by atoms with Crippen LogP contribution in [-0.4, -0.2) is 36.7 Å². The Morgan fingerprint density at radius 3 is 2.59 bits per heavy atom. The summed E-state index contributed by atoms with van der Waals surface area (Å²) in [5, 5.41) is 0. The fraction of sp³-hybridized carbons (Fsp3) is 0.600. The molecule has 1 spiro atoms. The molecule has 0 N–H and O–H groups in total. The Labute approximate surface area is 135 Å². The second-order valence-electron chi connectivity index (χ2n) is 6.94. The Morgan fingerprint density at radius 1 is 1.09 bits per heavy atom. The third-order valence-electron chi connectivity index (χ3n) is 5.13. The van der Waals surface area contributed by atoms with Crippen LogP contribution in [0.15, 0.2) is 42.0 Å². The van der Waals surface area contributed by atoms with Crippen LogP contribution < -0.4 is 0 Å². The number of nitrogens with zero attached hydrogens (tertiary/aromatic N) is 1. The monoisotopic (exact) mass is 299 g/mol. The van der Waals surface area contributed by atoms with Crippen LogP contribution in [0.1, 0.15) is 44.6 Å². The molecule has 3 rings (SSSR count). The zero-order valence-electron chi connectivity index (χ0n) is 13.9. The molecule has 22 heavy (non-hydrogen) atoms. The van der Waals surface area contributed by atoms with Gasteiger partial charge in [0.05, 0.1) is 12.2 Å². The molecular weight excluding hydrogens is 270 g/mol. The molecule has 0 saturated carbocycles. The van der Waals surface area contributed by atoms with E-state index >= 15 is 0 Å². The predicted octanol–water partition coefficient (Wildman–Crippen LogP) is 4.21. The van der Waals surface area contributed by atoms with Gasteiger partial charge in [-0.1, -0.05) is 42.0 Å². The first-order chi connectivity index (χ1) is 10.8. The van der Waals surface area contributed by atoms with Crippen molar-refractivity contribution in [2.24, 2.45) is 0 Å². The van der Waals surface area contributed by atoms with E-state index in [1.807, 2.05) is 0 Å². The third kappa shape index (κ3) is 4.21. The molecule has 1 aromatic carbocycles. The van der Waals surface area contributed by atoms with Crippen LogP contribution in [0, 0.1) is 0 Å². The summed E-state index contributed by atoms with van der Waals surface area (Å²) in [6, 6.07) is 10.8. The van der Waals surface area contributed by atoms with E-state index in [4.69, 9.17) is 4.74 Å². The first kappa shape index (κ1) is 15.8. The van der Waals surface area contributed by atoms with Gasteiger partial charge in [0.1, 0.15) is 0 Å². The molecule has 2 aliphatic rings. The van der Waals surface area contributed by atoms with Crippen molar-refractivity contribution < 1.29 is 4.74 Å². The number of hydrogen-bond donors (Lipinski definition) is 0. The van der Waals surface area contributed by atoms with Crippen molar-refractivity contribution in [1.29, 1.82) is 0 Å². The summed E-state index contributed by atoms with van der Waals surface area (Å²) in [4.78, 5) is 2.62. The Morgan fingerprint density at radius 2 is 1.86 bits per heavy atom. The van der Waals surface area contributed by atoms with E-state index in [1.54, 1.807) is 0 Å². The Balaban J connectivity index is 1.37. The quantitative estimate of drug-likeness (QED) is 0.596. The zero-order chi connectivity index (χ0) is 15.3. The number of ether oxygens (including phenoxy) is 1. The van der Waals surface area contributed by atoms with Crippen molar-refractivity contribution in [3.63, 3.8) is 0 Å². The van der Waals surface area contributed by atoms with Crippen molar-refractivity contribution >= 4 is 0 Å². The third-order valence-corrected chi connectivity index (χ3v) is 5.13. The van der Waals surface area contributed by atoms with E-state index < -0.39 is 0 Å². The van der Waals surface area contributed by atoms with Crippen LogP contribution in [-0.2, 0) is 11.2 Å². The second-order valence-corrected chi connectivity index (χ2v) is 6.94. The van der Waals surface area contributed by atoms with Crippen LogP contribution in [0.4, 0.5) is 0 Å². The van der Waals surface area contributed by atoms with Gasteiger partial charge in [-0.05, 0) is 57.6 Å².